The monoisotopic (exact) mass is 579 g/mol. The fourth-order valence-corrected chi connectivity index (χ4v) is 6.94. The number of piperazine rings is 1. The molecule has 4 fully saturated rings. The minimum atomic E-state index is -0.442. The van der Waals surface area contributed by atoms with Gasteiger partial charge in [0.15, 0.2) is 11.5 Å². The summed E-state index contributed by atoms with van der Waals surface area (Å²) in [5.41, 5.74) is 1.50. The van der Waals surface area contributed by atoms with Crippen LogP contribution in [0.4, 0.5) is 10.2 Å². The van der Waals surface area contributed by atoms with Gasteiger partial charge in [-0.25, -0.2) is 14.4 Å². The van der Waals surface area contributed by atoms with E-state index in [0.29, 0.717) is 47.1 Å². The Kier molecular flexibility index (Phi) is 6.62. The number of hydrogen-bond donors (Lipinski definition) is 1. The lowest BCUT2D eigenvalue weighted by atomic mass is 9.98. The van der Waals surface area contributed by atoms with Gasteiger partial charge in [-0.3, -0.25) is 4.90 Å². The zero-order valence-electron chi connectivity index (χ0n) is 24.1. The first kappa shape index (κ1) is 26.7. The number of halogens is 1. The summed E-state index contributed by atoms with van der Waals surface area (Å²) in [5, 5.41) is 5.92. The van der Waals surface area contributed by atoms with E-state index in [1.165, 1.54) is 6.07 Å². The molecule has 2 aromatic heterocycles. The van der Waals surface area contributed by atoms with Crippen LogP contribution in [0, 0.1) is 23.6 Å². The topological polar surface area (TPSA) is 88.5 Å². The summed E-state index contributed by atoms with van der Waals surface area (Å²) < 4.78 is 26.7. The molecule has 5 heterocycles. The first-order chi connectivity index (χ1) is 21.1. The lowest BCUT2D eigenvalue weighted by molar-refractivity contribution is 0.0231. The molecule has 3 saturated heterocycles. The predicted molar refractivity (Wildman–Crippen MR) is 163 cm³/mol. The average molecular weight is 580 g/mol. The van der Waals surface area contributed by atoms with Crippen molar-refractivity contribution >= 4 is 27.6 Å². The van der Waals surface area contributed by atoms with E-state index < -0.39 is 5.82 Å². The van der Waals surface area contributed by atoms with Crippen molar-refractivity contribution in [3.05, 3.63) is 47.9 Å². The molecular weight excluding hydrogens is 545 g/mol. The summed E-state index contributed by atoms with van der Waals surface area (Å²) >= 11 is 0. The molecule has 9 nitrogen and oxygen atoms in total. The zero-order chi connectivity index (χ0) is 29.0. The number of benzene rings is 2. The molecule has 2 aromatic carbocycles. The highest BCUT2D eigenvalue weighted by Crippen LogP contribution is 2.46. The molecule has 0 amide bonds. The van der Waals surface area contributed by atoms with Crippen LogP contribution in [0.3, 0.4) is 0 Å². The Hall–Kier alpha value is -3.91. The second kappa shape index (κ2) is 10.7. The molecule has 43 heavy (non-hydrogen) atoms. The molecule has 4 aromatic rings. The average Bonchev–Trinajstić information content (AvgIpc) is 3.72. The van der Waals surface area contributed by atoms with E-state index in [0.717, 1.165) is 88.2 Å². The van der Waals surface area contributed by atoms with Crippen LogP contribution >= 0.6 is 0 Å². The summed E-state index contributed by atoms with van der Waals surface area (Å²) in [7, 11) is 0. The van der Waals surface area contributed by atoms with Crippen LogP contribution in [0.2, 0.25) is 0 Å². The molecule has 1 N–H and O–H groups in total. The minimum absolute atomic E-state index is 0.124. The molecule has 3 aliphatic heterocycles. The van der Waals surface area contributed by atoms with Crippen LogP contribution in [-0.2, 0) is 4.74 Å². The number of terminal acetylenes is 1. The van der Waals surface area contributed by atoms with E-state index in [1.54, 1.807) is 12.3 Å². The van der Waals surface area contributed by atoms with Gasteiger partial charge in [-0.15, -0.1) is 6.42 Å². The maximum absolute atomic E-state index is 14.7. The number of anilines is 1. The largest absolute Gasteiger partial charge is 0.463 e. The van der Waals surface area contributed by atoms with Gasteiger partial charge in [0.25, 0.3) is 0 Å². The van der Waals surface area contributed by atoms with Crippen molar-refractivity contribution in [2.45, 2.75) is 37.8 Å². The number of hydrogen-bond acceptors (Lipinski definition) is 9. The first-order valence-corrected chi connectivity index (χ1v) is 15.2. The quantitative estimate of drug-likeness (QED) is 0.329. The third-order valence-corrected chi connectivity index (χ3v) is 9.44. The van der Waals surface area contributed by atoms with E-state index in [-0.39, 0.29) is 11.0 Å². The third kappa shape index (κ3) is 5.05. The van der Waals surface area contributed by atoms with E-state index >= 15 is 0 Å². The van der Waals surface area contributed by atoms with Gasteiger partial charge in [0.05, 0.1) is 30.8 Å². The minimum Gasteiger partial charge on any atom is -0.463 e. The van der Waals surface area contributed by atoms with Gasteiger partial charge in [0.2, 0.25) is 0 Å². The van der Waals surface area contributed by atoms with Crippen LogP contribution in [0.25, 0.3) is 33.2 Å². The SMILES string of the molecule is C#Cc1c(F)ccc2cccc(-c3ncc4c(N5CC6CCC(C5)N6)nc(OCC5(CN6CCOCC6)CC5)nc4n3)c12. The zero-order valence-corrected chi connectivity index (χ0v) is 24.1. The van der Waals surface area contributed by atoms with Crippen molar-refractivity contribution in [3.63, 3.8) is 0 Å². The highest BCUT2D eigenvalue weighted by atomic mass is 19.1. The Labute approximate surface area is 249 Å². The van der Waals surface area contributed by atoms with Crippen molar-refractivity contribution in [2.24, 2.45) is 5.41 Å². The number of morpholine rings is 1. The molecule has 8 rings (SSSR count). The second-order valence-corrected chi connectivity index (χ2v) is 12.5. The van der Waals surface area contributed by atoms with Crippen molar-refractivity contribution in [1.29, 1.82) is 0 Å². The Bertz CT molecular complexity index is 1740. The molecular formula is C33H34FN7O2. The number of rotatable bonds is 7. The lowest BCUT2D eigenvalue weighted by Gasteiger charge is -2.34. The van der Waals surface area contributed by atoms with Crippen molar-refractivity contribution in [1.82, 2.24) is 30.2 Å². The molecule has 0 spiro atoms. The highest BCUT2D eigenvalue weighted by Gasteiger charge is 2.45. The molecule has 10 heteroatoms. The second-order valence-electron chi connectivity index (χ2n) is 12.5. The molecule has 220 valence electrons. The van der Waals surface area contributed by atoms with Crippen LogP contribution in [0.1, 0.15) is 31.2 Å². The van der Waals surface area contributed by atoms with E-state index in [1.807, 2.05) is 18.2 Å². The van der Waals surface area contributed by atoms with Crippen LogP contribution in [-0.4, -0.2) is 89.5 Å². The van der Waals surface area contributed by atoms with Gasteiger partial charge in [0.1, 0.15) is 11.6 Å². The fraction of sp³-hybridized carbons (Fsp3) is 0.455. The van der Waals surface area contributed by atoms with Gasteiger partial charge in [0, 0.05) is 67.4 Å². The molecule has 4 aliphatic rings. The van der Waals surface area contributed by atoms with E-state index in [4.69, 9.17) is 35.8 Å². The Morgan fingerprint density at radius 3 is 2.65 bits per heavy atom. The Morgan fingerprint density at radius 1 is 1.07 bits per heavy atom. The van der Waals surface area contributed by atoms with Crippen molar-refractivity contribution < 1.29 is 13.9 Å². The maximum Gasteiger partial charge on any atom is 0.320 e. The van der Waals surface area contributed by atoms with Crippen LogP contribution in [0.15, 0.2) is 36.5 Å². The summed E-state index contributed by atoms with van der Waals surface area (Å²) in [4.78, 5) is 24.3. The van der Waals surface area contributed by atoms with Gasteiger partial charge < -0.3 is 19.7 Å². The molecule has 2 unspecified atom stereocenters. The summed E-state index contributed by atoms with van der Waals surface area (Å²) in [6.07, 6.45) is 12.1. The standard InChI is InChI=1S/C33H34FN7O2/c1-2-24-27(34)9-6-21-4-3-5-25(28(21)24)29-35-16-26-30(37-29)38-32(39-31(26)41-17-22-7-8-23(18-41)36-22)43-20-33(10-11-33)19-40-12-14-42-15-13-40/h1,3-6,9,16,22-23,36H,7-8,10-15,17-20H2. The first-order valence-electron chi connectivity index (χ1n) is 15.2. The predicted octanol–water partition coefficient (Wildman–Crippen LogP) is 3.79. The summed E-state index contributed by atoms with van der Waals surface area (Å²) in [6.45, 7) is 6.78. The Morgan fingerprint density at radius 2 is 1.88 bits per heavy atom. The number of nitrogens with one attached hydrogen (secondary N) is 1. The lowest BCUT2D eigenvalue weighted by Crippen LogP contribution is -2.51. The van der Waals surface area contributed by atoms with Gasteiger partial charge in [-0.05, 0) is 37.1 Å². The third-order valence-electron chi connectivity index (χ3n) is 9.44. The number of nitrogens with zero attached hydrogens (tertiary/aromatic N) is 6. The molecule has 1 saturated carbocycles. The van der Waals surface area contributed by atoms with Crippen molar-refractivity contribution in [3.8, 4) is 29.7 Å². The number of fused-ring (bicyclic) bond motifs is 4. The van der Waals surface area contributed by atoms with Crippen LogP contribution < -0.4 is 15.0 Å². The number of ether oxygens (including phenoxy) is 2. The van der Waals surface area contributed by atoms with Crippen molar-refractivity contribution in [2.75, 3.05) is 57.4 Å². The molecule has 2 atom stereocenters. The summed E-state index contributed by atoms with van der Waals surface area (Å²) in [6, 6.07) is 10.0. The highest BCUT2D eigenvalue weighted by molar-refractivity contribution is 6.00. The maximum atomic E-state index is 14.7. The Balaban J connectivity index is 1.18. The molecule has 1 aliphatic carbocycles. The summed E-state index contributed by atoms with van der Waals surface area (Å²) in [5.74, 6) is 3.32. The normalized spacial score (nSPS) is 23.0. The molecule has 0 radical (unpaired) electrons. The molecule has 2 bridgehead atoms. The van der Waals surface area contributed by atoms with E-state index in [9.17, 15) is 4.39 Å². The smallest absolute Gasteiger partial charge is 0.320 e. The number of aromatic nitrogens is 4. The van der Waals surface area contributed by atoms with Gasteiger partial charge in [-0.2, -0.15) is 9.97 Å². The van der Waals surface area contributed by atoms with Crippen LogP contribution in [0.5, 0.6) is 6.01 Å². The fourth-order valence-electron chi connectivity index (χ4n) is 6.94. The van der Waals surface area contributed by atoms with Gasteiger partial charge >= 0.3 is 6.01 Å². The van der Waals surface area contributed by atoms with E-state index in [2.05, 4.69) is 21.0 Å². The van der Waals surface area contributed by atoms with Gasteiger partial charge in [-0.1, -0.05) is 30.2 Å².